The molecule has 106 valence electrons. The van der Waals surface area contributed by atoms with Crippen molar-refractivity contribution in [3.05, 3.63) is 29.8 Å². The highest BCUT2D eigenvalue weighted by molar-refractivity contribution is 5.30. The summed E-state index contributed by atoms with van der Waals surface area (Å²) in [5.74, 6) is 2.21. The minimum Gasteiger partial charge on any atom is -0.494 e. The van der Waals surface area contributed by atoms with E-state index < -0.39 is 0 Å². The third-order valence-corrected chi connectivity index (χ3v) is 4.28. The molecule has 0 saturated heterocycles. The van der Waals surface area contributed by atoms with Crippen LogP contribution in [0.4, 0.5) is 0 Å². The molecule has 0 amide bonds. The van der Waals surface area contributed by atoms with Crippen molar-refractivity contribution in [2.24, 2.45) is 5.92 Å². The van der Waals surface area contributed by atoms with Gasteiger partial charge in [-0.15, -0.1) is 0 Å². The molecule has 1 unspecified atom stereocenters. The van der Waals surface area contributed by atoms with Crippen LogP contribution in [0.15, 0.2) is 24.3 Å². The molecular weight excluding hydrogens is 236 g/mol. The largest absolute Gasteiger partial charge is 0.494 e. The van der Waals surface area contributed by atoms with Crippen molar-refractivity contribution in [2.75, 3.05) is 13.2 Å². The van der Waals surface area contributed by atoms with E-state index in [4.69, 9.17) is 4.74 Å². The molecule has 1 aromatic rings. The smallest absolute Gasteiger partial charge is 0.119 e. The molecule has 0 aromatic heterocycles. The Kier molecular flexibility index (Phi) is 5.71. The van der Waals surface area contributed by atoms with Gasteiger partial charge in [-0.05, 0) is 55.7 Å². The second-order valence-electron chi connectivity index (χ2n) is 5.52. The van der Waals surface area contributed by atoms with Crippen LogP contribution in [-0.4, -0.2) is 18.3 Å². The zero-order chi connectivity index (χ0) is 13.5. The van der Waals surface area contributed by atoms with Gasteiger partial charge in [-0.3, -0.25) is 0 Å². The van der Waals surface area contributed by atoms with Gasteiger partial charge in [-0.25, -0.2) is 0 Å². The predicted octanol–water partition coefficient (Wildman–Crippen LogP) is 4.13. The molecule has 1 fully saturated rings. The van der Waals surface area contributed by atoms with Gasteiger partial charge >= 0.3 is 0 Å². The molecule has 1 saturated carbocycles. The van der Waals surface area contributed by atoms with Crippen LogP contribution in [0, 0.1) is 5.92 Å². The molecule has 2 heteroatoms. The summed E-state index contributed by atoms with van der Waals surface area (Å²) in [6.07, 6.45) is 7.60. The normalized spacial score (nSPS) is 18.2. The fourth-order valence-corrected chi connectivity index (χ4v) is 3.33. The van der Waals surface area contributed by atoms with Crippen molar-refractivity contribution in [3.8, 4) is 5.75 Å². The highest BCUT2D eigenvalue weighted by Crippen LogP contribution is 2.38. The number of rotatable bonds is 6. The lowest BCUT2D eigenvalue weighted by Crippen LogP contribution is -2.17. The van der Waals surface area contributed by atoms with Gasteiger partial charge in [-0.1, -0.05) is 31.4 Å². The number of aliphatic hydroxyl groups excluding tert-OH is 1. The Morgan fingerprint density at radius 1 is 1.16 bits per heavy atom. The topological polar surface area (TPSA) is 29.5 Å². The molecule has 0 radical (unpaired) electrons. The summed E-state index contributed by atoms with van der Waals surface area (Å²) in [7, 11) is 0. The quantitative estimate of drug-likeness (QED) is 0.835. The Hall–Kier alpha value is -1.02. The van der Waals surface area contributed by atoms with Gasteiger partial charge in [0.05, 0.1) is 6.61 Å². The van der Waals surface area contributed by atoms with Crippen molar-refractivity contribution in [3.63, 3.8) is 0 Å². The number of benzene rings is 1. The number of ether oxygens (including phenoxy) is 1. The molecule has 1 aromatic carbocycles. The van der Waals surface area contributed by atoms with Gasteiger partial charge < -0.3 is 9.84 Å². The van der Waals surface area contributed by atoms with E-state index in [2.05, 4.69) is 24.3 Å². The van der Waals surface area contributed by atoms with E-state index in [0.717, 1.165) is 18.1 Å². The molecule has 19 heavy (non-hydrogen) atoms. The van der Waals surface area contributed by atoms with Crippen LogP contribution in [0.1, 0.15) is 56.9 Å². The summed E-state index contributed by atoms with van der Waals surface area (Å²) < 4.78 is 5.50. The lowest BCUT2D eigenvalue weighted by Gasteiger charge is -2.30. The lowest BCUT2D eigenvalue weighted by atomic mass is 9.75. The first-order valence-corrected chi connectivity index (χ1v) is 7.68. The third kappa shape index (κ3) is 3.97. The van der Waals surface area contributed by atoms with Crippen LogP contribution in [0.25, 0.3) is 0 Å². The molecule has 0 heterocycles. The van der Waals surface area contributed by atoms with E-state index in [9.17, 15) is 5.11 Å². The van der Waals surface area contributed by atoms with Crippen LogP contribution in [0.3, 0.4) is 0 Å². The zero-order valence-corrected chi connectivity index (χ0v) is 12.0. The zero-order valence-electron chi connectivity index (χ0n) is 12.0. The highest BCUT2D eigenvalue weighted by atomic mass is 16.5. The second kappa shape index (κ2) is 7.54. The molecule has 2 rings (SSSR count). The van der Waals surface area contributed by atoms with E-state index in [1.165, 1.54) is 37.7 Å². The maximum atomic E-state index is 9.34. The minimum absolute atomic E-state index is 0.286. The standard InChI is InChI=1S/C17H26O2/c1-2-19-16-10-8-15(9-11-16)17(12-13-18)14-6-4-3-5-7-14/h8-11,14,17-18H,2-7,12-13H2,1H3. The van der Waals surface area contributed by atoms with Gasteiger partial charge in [0, 0.05) is 6.61 Å². The Labute approximate surface area is 116 Å². The summed E-state index contributed by atoms with van der Waals surface area (Å²) in [6, 6.07) is 8.48. The maximum Gasteiger partial charge on any atom is 0.119 e. The van der Waals surface area contributed by atoms with Crippen LogP contribution in [0.5, 0.6) is 5.75 Å². The number of hydrogen-bond donors (Lipinski definition) is 1. The number of aliphatic hydroxyl groups is 1. The lowest BCUT2D eigenvalue weighted by molar-refractivity contribution is 0.229. The fraction of sp³-hybridized carbons (Fsp3) is 0.647. The average molecular weight is 262 g/mol. The van der Waals surface area contributed by atoms with Crippen LogP contribution >= 0.6 is 0 Å². The summed E-state index contributed by atoms with van der Waals surface area (Å²) in [5.41, 5.74) is 1.37. The summed E-state index contributed by atoms with van der Waals surface area (Å²) in [4.78, 5) is 0. The average Bonchev–Trinajstić information content (AvgIpc) is 2.47. The van der Waals surface area contributed by atoms with E-state index in [1.54, 1.807) is 0 Å². The third-order valence-electron chi connectivity index (χ3n) is 4.28. The summed E-state index contributed by atoms with van der Waals surface area (Å²) in [5, 5.41) is 9.34. The molecule has 1 aliphatic rings. The summed E-state index contributed by atoms with van der Waals surface area (Å²) >= 11 is 0. The minimum atomic E-state index is 0.286. The molecular formula is C17H26O2. The van der Waals surface area contributed by atoms with E-state index in [0.29, 0.717) is 12.5 Å². The Morgan fingerprint density at radius 2 is 1.84 bits per heavy atom. The number of hydrogen-bond acceptors (Lipinski definition) is 2. The molecule has 0 bridgehead atoms. The van der Waals surface area contributed by atoms with Crippen molar-refractivity contribution in [2.45, 2.75) is 51.4 Å². The van der Waals surface area contributed by atoms with E-state index in [1.807, 2.05) is 6.92 Å². The highest BCUT2D eigenvalue weighted by Gasteiger charge is 2.24. The first-order valence-electron chi connectivity index (χ1n) is 7.68. The van der Waals surface area contributed by atoms with E-state index in [-0.39, 0.29) is 6.61 Å². The molecule has 1 aliphatic carbocycles. The van der Waals surface area contributed by atoms with Crippen molar-refractivity contribution >= 4 is 0 Å². The summed E-state index contributed by atoms with van der Waals surface area (Å²) in [6.45, 7) is 3.00. The molecule has 1 N–H and O–H groups in total. The van der Waals surface area contributed by atoms with Gasteiger partial charge in [0.1, 0.15) is 5.75 Å². The monoisotopic (exact) mass is 262 g/mol. The second-order valence-corrected chi connectivity index (χ2v) is 5.52. The first-order chi connectivity index (χ1) is 9.35. The van der Waals surface area contributed by atoms with Gasteiger partial charge in [-0.2, -0.15) is 0 Å². The molecule has 1 atom stereocenters. The SMILES string of the molecule is CCOc1ccc(C(CCO)C2CCCCC2)cc1. The van der Waals surface area contributed by atoms with Gasteiger partial charge in [0.15, 0.2) is 0 Å². The molecule has 0 aliphatic heterocycles. The molecule has 0 spiro atoms. The van der Waals surface area contributed by atoms with Crippen LogP contribution in [0.2, 0.25) is 0 Å². The maximum absolute atomic E-state index is 9.34. The van der Waals surface area contributed by atoms with Gasteiger partial charge in [0.2, 0.25) is 0 Å². The van der Waals surface area contributed by atoms with Crippen LogP contribution < -0.4 is 4.74 Å². The van der Waals surface area contributed by atoms with Crippen LogP contribution in [-0.2, 0) is 0 Å². The Balaban J connectivity index is 2.08. The van der Waals surface area contributed by atoms with Crippen molar-refractivity contribution in [1.29, 1.82) is 0 Å². The van der Waals surface area contributed by atoms with Gasteiger partial charge in [0.25, 0.3) is 0 Å². The Morgan fingerprint density at radius 3 is 2.42 bits per heavy atom. The fourth-order valence-electron chi connectivity index (χ4n) is 3.33. The Bertz CT molecular complexity index is 352. The van der Waals surface area contributed by atoms with Crippen molar-refractivity contribution in [1.82, 2.24) is 0 Å². The predicted molar refractivity (Wildman–Crippen MR) is 78.6 cm³/mol. The first kappa shape index (κ1) is 14.4. The van der Waals surface area contributed by atoms with E-state index >= 15 is 0 Å². The van der Waals surface area contributed by atoms with Crippen molar-refractivity contribution < 1.29 is 9.84 Å². The molecule has 2 nitrogen and oxygen atoms in total.